The summed E-state index contributed by atoms with van der Waals surface area (Å²) in [5.41, 5.74) is 1.21. The maximum atomic E-state index is 12.8. The van der Waals surface area contributed by atoms with E-state index >= 15 is 0 Å². The van der Waals surface area contributed by atoms with Crippen LogP contribution in [0.5, 0.6) is 0 Å². The zero-order chi connectivity index (χ0) is 13.4. The SMILES string of the molecule is CCNC(CCCC(C)C)Cc1ccc(F)cc1. The van der Waals surface area contributed by atoms with Gasteiger partial charge in [0.25, 0.3) is 0 Å². The van der Waals surface area contributed by atoms with E-state index < -0.39 is 0 Å². The van der Waals surface area contributed by atoms with E-state index in [2.05, 4.69) is 26.1 Å². The summed E-state index contributed by atoms with van der Waals surface area (Å²) in [6.45, 7) is 7.66. The fourth-order valence-corrected chi connectivity index (χ4v) is 2.24. The van der Waals surface area contributed by atoms with E-state index in [-0.39, 0.29) is 5.82 Å². The van der Waals surface area contributed by atoms with Gasteiger partial charge in [0.15, 0.2) is 0 Å². The standard InChI is InChI=1S/C16H26FN/c1-4-18-16(7-5-6-13(2)3)12-14-8-10-15(17)11-9-14/h8-11,13,16,18H,4-7,12H2,1-3H3. The molecule has 1 N–H and O–H groups in total. The Kier molecular flexibility index (Phi) is 6.96. The summed E-state index contributed by atoms with van der Waals surface area (Å²) >= 11 is 0. The molecule has 1 aromatic carbocycles. The minimum atomic E-state index is -0.154. The molecule has 1 unspecified atom stereocenters. The van der Waals surface area contributed by atoms with Crippen LogP contribution in [0, 0.1) is 11.7 Å². The second-order valence-electron chi connectivity index (χ2n) is 5.41. The van der Waals surface area contributed by atoms with Crippen molar-refractivity contribution < 1.29 is 4.39 Å². The van der Waals surface area contributed by atoms with Gasteiger partial charge in [-0.25, -0.2) is 4.39 Å². The Labute approximate surface area is 111 Å². The molecule has 0 aromatic heterocycles. The zero-order valence-corrected chi connectivity index (χ0v) is 11.9. The number of hydrogen-bond acceptors (Lipinski definition) is 1. The van der Waals surface area contributed by atoms with Gasteiger partial charge >= 0.3 is 0 Å². The minimum Gasteiger partial charge on any atom is -0.314 e. The van der Waals surface area contributed by atoms with Gasteiger partial charge in [-0.2, -0.15) is 0 Å². The molecule has 0 radical (unpaired) electrons. The van der Waals surface area contributed by atoms with Crippen LogP contribution in [0.25, 0.3) is 0 Å². The number of rotatable bonds is 8. The second kappa shape index (κ2) is 8.25. The monoisotopic (exact) mass is 251 g/mol. The second-order valence-corrected chi connectivity index (χ2v) is 5.41. The molecule has 0 spiro atoms. The molecule has 0 aliphatic heterocycles. The summed E-state index contributed by atoms with van der Waals surface area (Å²) in [7, 11) is 0. The fraction of sp³-hybridized carbons (Fsp3) is 0.625. The van der Waals surface area contributed by atoms with Gasteiger partial charge in [0.1, 0.15) is 5.82 Å². The Morgan fingerprint density at radius 1 is 1.11 bits per heavy atom. The summed E-state index contributed by atoms with van der Waals surface area (Å²) in [6.07, 6.45) is 4.73. The van der Waals surface area contributed by atoms with Crippen LogP contribution < -0.4 is 5.32 Å². The lowest BCUT2D eigenvalue weighted by Gasteiger charge is -2.18. The molecular formula is C16H26FN. The summed E-state index contributed by atoms with van der Waals surface area (Å²) < 4.78 is 12.8. The highest BCUT2D eigenvalue weighted by Crippen LogP contribution is 2.13. The van der Waals surface area contributed by atoms with Gasteiger partial charge in [-0.15, -0.1) is 0 Å². The molecular weight excluding hydrogens is 225 g/mol. The first kappa shape index (κ1) is 15.2. The molecule has 0 amide bonds. The van der Waals surface area contributed by atoms with Crippen molar-refractivity contribution in [2.24, 2.45) is 5.92 Å². The molecule has 0 aliphatic rings. The van der Waals surface area contributed by atoms with Crippen LogP contribution >= 0.6 is 0 Å². The Hall–Kier alpha value is -0.890. The number of hydrogen-bond donors (Lipinski definition) is 1. The van der Waals surface area contributed by atoms with Crippen LogP contribution in [-0.2, 0) is 6.42 Å². The van der Waals surface area contributed by atoms with Crippen LogP contribution in [0.2, 0.25) is 0 Å². The molecule has 18 heavy (non-hydrogen) atoms. The summed E-state index contributed by atoms with van der Waals surface area (Å²) in [6, 6.07) is 7.39. The molecule has 102 valence electrons. The van der Waals surface area contributed by atoms with Crippen LogP contribution in [-0.4, -0.2) is 12.6 Å². The van der Waals surface area contributed by atoms with Crippen molar-refractivity contribution in [3.63, 3.8) is 0 Å². The Bertz CT molecular complexity index is 318. The third kappa shape index (κ3) is 6.15. The predicted molar refractivity (Wildman–Crippen MR) is 76.3 cm³/mol. The first-order chi connectivity index (χ1) is 8.61. The van der Waals surface area contributed by atoms with Crippen LogP contribution in [0.1, 0.15) is 45.6 Å². The number of benzene rings is 1. The number of likely N-dealkylation sites (N-methyl/N-ethyl adjacent to an activating group) is 1. The summed E-state index contributed by atoms with van der Waals surface area (Å²) in [5, 5.41) is 3.53. The van der Waals surface area contributed by atoms with Crippen molar-refractivity contribution in [1.82, 2.24) is 5.32 Å². The van der Waals surface area contributed by atoms with E-state index in [0.29, 0.717) is 6.04 Å². The van der Waals surface area contributed by atoms with E-state index in [9.17, 15) is 4.39 Å². The average Bonchev–Trinajstić information content (AvgIpc) is 2.32. The Balaban J connectivity index is 2.43. The van der Waals surface area contributed by atoms with E-state index in [1.807, 2.05) is 12.1 Å². The fourth-order valence-electron chi connectivity index (χ4n) is 2.24. The maximum absolute atomic E-state index is 12.8. The molecule has 0 heterocycles. The first-order valence-corrected chi connectivity index (χ1v) is 7.09. The van der Waals surface area contributed by atoms with Crippen molar-refractivity contribution in [3.8, 4) is 0 Å². The summed E-state index contributed by atoms with van der Waals surface area (Å²) in [5.74, 6) is 0.622. The molecule has 0 saturated carbocycles. The van der Waals surface area contributed by atoms with Crippen molar-refractivity contribution in [2.75, 3.05) is 6.54 Å². The first-order valence-electron chi connectivity index (χ1n) is 7.09. The van der Waals surface area contributed by atoms with E-state index in [1.54, 1.807) is 12.1 Å². The molecule has 1 aromatic rings. The van der Waals surface area contributed by atoms with Gasteiger partial charge in [0.2, 0.25) is 0 Å². The lowest BCUT2D eigenvalue weighted by atomic mass is 9.98. The molecule has 0 aliphatic carbocycles. The third-order valence-corrected chi connectivity index (χ3v) is 3.22. The predicted octanol–water partition coefficient (Wildman–Crippen LogP) is 4.17. The van der Waals surface area contributed by atoms with Gasteiger partial charge in [-0.3, -0.25) is 0 Å². The highest BCUT2D eigenvalue weighted by atomic mass is 19.1. The van der Waals surface area contributed by atoms with Crippen molar-refractivity contribution in [1.29, 1.82) is 0 Å². The third-order valence-electron chi connectivity index (χ3n) is 3.22. The van der Waals surface area contributed by atoms with Gasteiger partial charge in [-0.1, -0.05) is 45.7 Å². The van der Waals surface area contributed by atoms with E-state index in [1.165, 1.54) is 24.8 Å². The maximum Gasteiger partial charge on any atom is 0.123 e. The van der Waals surface area contributed by atoms with Gasteiger partial charge in [0.05, 0.1) is 0 Å². The van der Waals surface area contributed by atoms with Crippen molar-refractivity contribution >= 4 is 0 Å². The smallest absolute Gasteiger partial charge is 0.123 e. The Morgan fingerprint density at radius 2 is 1.78 bits per heavy atom. The lowest BCUT2D eigenvalue weighted by molar-refractivity contribution is 0.442. The van der Waals surface area contributed by atoms with Gasteiger partial charge < -0.3 is 5.32 Å². The van der Waals surface area contributed by atoms with Crippen molar-refractivity contribution in [2.45, 2.75) is 52.5 Å². The zero-order valence-electron chi connectivity index (χ0n) is 11.9. The van der Waals surface area contributed by atoms with Crippen LogP contribution in [0.3, 0.4) is 0 Å². The molecule has 1 rings (SSSR count). The molecule has 1 nitrogen and oxygen atoms in total. The van der Waals surface area contributed by atoms with Crippen molar-refractivity contribution in [3.05, 3.63) is 35.6 Å². The van der Waals surface area contributed by atoms with Gasteiger partial charge in [-0.05, 0) is 43.0 Å². The molecule has 2 heteroatoms. The number of nitrogens with one attached hydrogen (secondary N) is 1. The largest absolute Gasteiger partial charge is 0.314 e. The molecule has 1 atom stereocenters. The normalized spacial score (nSPS) is 12.9. The Morgan fingerprint density at radius 3 is 2.33 bits per heavy atom. The van der Waals surface area contributed by atoms with E-state index in [0.717, 1.165) is 18.9 Å². The summed E-state index contributed by atoms with van der Waals surface area (Å²) in [4.78, 5) is 0. The molecule has 0 saturated heterocycles. The average molecular weight is 251 g/mol. The highest BCUT2D eigenvalue weighted by Gasteiger charge is 2.08. The highest BCUT2D eigenvalue weighted by molar-refractivity contribution is 5.17. The molecule has 0 bridgehead atoms. The van der Waals surface area contributed by atoms with Crippen LogP contribution in [0.15, 0.2) is 24.3 Å². The van der Waals surface area contributed by atoms with Crippen LogP contribution in [0.4, 0.5) is 4.39 Å². The molecule has 0 fully saturated rings. The van der Waals surface area contributed by atoms with E-state index in [4.69, 9.17) is 0 Å². The lowest BCUT2D eigenvalue weighted by Crippen LogP contribution is -2.31. The minimum absolute atomic E-state index is 0.154. The number of halogens is 1. The van der Waals surface area contributed by atoms with Gasteiger partial charge in [0, 0.05) is 6.04 Å². The quantitative estimate of drug-likeness (QED) is 0.731. The topological polar surface area (TPSA) is 12.0 Å².